The average molecular weight is 572 g/mol. The number of hydrogen-bond donors (Lipinski definition) is 1. The van der Waals surface area contributed by atoms with Crippen LogP contribution < -0.4 is 20.9 Å². The zero-order valence-corrected chi connectivity index (χ0v) is 24.5. The molecule has 210 valence electrons. The third-order valence-electron chi connectivity index (χ3n) is 6.70. The Hall–Kier alpha value is -2.72. The van der Waals surface area contributed by atoms with Crippen molar-refractivity contribution in [2.45, 2.75) is 45.8 Å². The van der Waals surface area contributed by atoms with Gasteiger partial charge in [0.2, 0.25) is 5.75 Å². The van der Waals surface area contributed by atoms with Crippen LogP contribution in [0.15, 0.2) is 59.5 Å². The molecule has 0 bridgehead atoms. The molecule has 3 aromatic rings. The standard InChI is InChI=1S/C29H38ClN5O3S/c1-4-5-12-29(2,3)21-37-27-26(19-32-35(28(27)36)25-11-7-9-23(30)18-25)33-13-15-34(16-14-33)38-39-20-22-8-6-10-24(31)17-22/h6-11,17-19H,4-5,12-16,20-21,31H2,1-3H3. The summed E-state index contributed by atoms with van der Waals surface area (Å²) in [6, 6.07) is 14.9. The average Bonchev–Trinajstić information content (AvgIpc) is 2.91. The first-order valence-corrected chi connectivity index (χ1v) is 14.7. The quantitative estimate of drug-likeness (QED) is 0.210. The van der Waals surface area contributed by atoms with E-state index >= 15 is 0 Å². The monoisotopic (exact) mass is 571 g/mol. The highest BCUT2D eigenvalue weighted by Gasteiger charge is 2.26. The topological polar surface area (TPSA) is 85.8 Å². The maximum Gasteiger partial charge on any atom is 0.316 e. The normalized spacial score (nSPS) is 14.5. The molecule has 2 N–H and O–H groups in total. The molecule has 0 spiro atoms. The molecule has 10 heteroatoms. The Morgan fingerprint density at radius 3 is 2.59 bits per heavy atom. The summed E-state index contributed by atoms with van der Waals surface area (Å²) in [6.07, 6.45) is 4.98. The molecule has 1 saturated heterocycles. The van der Waals surface area contributed by atoms with Gasteiger partial charge >= 0.3 is 5.56 Å². The fourth-order valence-corrected chi connectivity index (χ4v) is 5.28. The van der Waals surface area contributed by atoms with Crippen LogP contribution in [-0.4, -0.2) is 47.6 Å². The second-order valence-corrected chi connectivity index (χ2v) is 11.7. The molecule has 0 atom stereocenters. The highest BCUT2D eigenvalue weighted by atomic mass is 35.5. The number of aromatic nitrogens is 2. The second-order valence-electron chi connectivity index (χ2n) is 10.6. The fraction of sp³-hybridized carbons (Fsp3) is 0.448. The number of nitrogens with zero attached hydrogens (tertiary/aromatic N) is 4. The van der Waals surface area contributed by atoms with Crippen LogP contribution >= 0.6 is 23.6 Å². The van der Waals surface area contributed by atoms with E-state index in [1.807, 2.05) is 35.4 Å². The largest absolute Gasteiger partial charge is 0.486 e. The Bertz CT molecular complexity index is 1290. The summed E-state index contributed by atoms with van der Waals surface area (Å²) >= 11 is 7.59. The molecule has 1 fully saturated rings. The number of nitrogens with two attached hydrogens (primary N) is 1. The van der Waals surface area contributed by atoms with Gasteiger partial charge in [0.1, 0.15) is 5.69 Å². The number of anilines is 2. The molecule has 0 amide bonds. The van der Waals surface area contributed by atoms with Gasteiger partial charge in [-0.3, -0.25) is 4.79 Å². The van der Waals surface area contributed by atoms with Gasteiger partial charge in [-0.05, 0) is 47.7 Å². The van der Waals surface area contributed by atoms with Gasteiger partial charge in [-0.1, -0.05) is 63.4 Å². The first-order chi connectivity index (χ1) is 18.8. The van der Waals surface area contributed by atoms with E-state index in [2.05, 4.69) is 30.8 Å². The van der Waals surface area contributed by atoms with Gasteiger partial charge in [0, 0.05) is 54.7 Å². The maximum atomic E-state index is 13.7. The predicted molar refractivity (Wildman–Crippen MR) is 161 cm³/mol. The minimum absolute atomic E-state index is 0.0585. The third-order valence-corrected chi connectivity index (χ3v) is 7.70. The predicted octanol–water partition coefficient (Wildman–Crippen LogP) is 5.97. The number of hydrogen-bond acceptors (Lipinski definition) is 8. The Labute approximate surface area is 240 Å². The smallest absolute Gasteiger partial charge is 0.316 e. The van der Waals surface area contributed by atoms with Crippen molar-refractivity contribution in [3.05, 3.63) is 75.7 Å². The lowest BCUT2D eigenvalue weighted by molar-refractivity contribution is -0.0415. The maximum absolute atomic E-state index is 13.7. The van der Waals surface area contributed by atoms with Crippen LogP contribution in [0.3, 0.4) is 0 Å². The number of ether oxygens (including phenoxy) is 1. The zero-order valence-electron chi connectivity index (χ0n) is 22.9. The summed E-state index contributed by atoms with van der Waals surface area (Å²) in [7, 11) is 0. The molecular formula is C29H38ClN5O3S. The highest BCUT2D eigenvalue weighted by molar-refractivity contribution is 7.93. The molecule has 2 heterocycles. The first kappa shape index (κ1) is 29.3. The second kappa shape index (κ2) is 13.6. The van der Waals surface area contributed by atoms with Crippen LogP contribution in [0.5, 0.6) is 5.75 Å². The van der Waals surface area contributed by atoms with Crippen molar-refractivity contribution in [1.29, 1.82) is 0 Å². The van der Waals surface area contributed by atoms with Crippen LogP contribution in [0, 0.1) is 5.41 Å². The number of unbranched alkanes of at least 4 members (excludes halogenated alkanes) is 1. The summed E-state index contributed by atoms with van der Waals surface area (Å²) < 4.78 is 13.6. The van der Waals surface area contributed by atoms with Gasteiger partial charge < -0.3 is 15.4 Å². The fourth-order valence-electron chi connectivity index (χ4n) is 4.43. The Kier molecular flexibility index (Phi) is 10.2. The van der Waals surface area contributed by atoms with Crippen molar-refractivity contribution in [1.82, 2.24) is 14.8 Å². The van der Waals surface area contributed by atoms with E-state index in [0.29, 0.717) is 60.7 Å². The molecule has 0 radical (unpaired) electrons. The summed E-state index contributed by atoms with van der Waals surface area (Å²) in [5.74, 6) is 1.03. The van der Waals surface area contributed by atoms with Crippen molar-refractivity contribution in [2.24, 2.45) is 5.41 Å². The molecular weight excluding hydrogens is 534 g/mol. The van der Waals surface area contributed by atoms with Crippen molar-refractivity contribution < 1.29 is 9.02 Å². The number of hydroxylamine groups is 2. The lowest BCUT2D eigenvalue weighted by Crippen LogP contribution is -2.46. The van der Waals surface area contributed by atoms with E-state index in [0.717, 1.165) is 30.5 Å². The van der Waals surface area contributed by atoms with Gasteiger partial charge in [-0.25, -0.2) is 4.28 Å². The van der Waals surface area contributed by atoms with Crippen molar-refractivity contribution in [2.75, 3.05) is 43.4 Å². The SMILES string of the molecule is CCCCC(C)(C)COc1c(N2CCN(OSCc3cccc(N)c3)CC2)cnn(-c2cccc(Cl)c2)c1=O. The molecule has 4 rings (SSSR count). The Morgan fingerprint density at radius 1 is 1.10 bits per heavy atom. The Morgan fingerprint density at radius 2 is 1.87 bits per heavy atom. The summed E-state index contributed by atoms with van der Waals surface area (Å²) in [4.78, 5) is 15.8. The van der Waals surface area contributed by atoms with Crippen LogP contribution in [-0.2, 0) is 10.0 Å². The molecule has 8 nitrogen and oxygen atoms in total. The van der Waals surface area contributed by atoms with Crippen LogP contribution in [0.1, 0.15) is 45.6 Å². The first-order valence-electron chi connectivity index (χ1n) is 13.4. The van der Waals surface area contributed by atoms with Crippen molar-refractivity contribution in [3.63, 3.8) is 0 Å². The van der Waals surface area contributed by atoms with E-state index < -0.39 is 0 Å². The molecule has 2 aromatic carbocycles. The van der Waals surface area contributed by atoms with E-state index in [1.54, 1.807) is 24.4 Å². The molecule has 39 heavy (non-hydrogen) atoms. The number of halogens is 1. The minimum atomic E-state index is -0.294. The van der Waals surface area contributed by atoms with E-state index in [4.69, 9.17) is 26.4 Å². The molecule has 0 saturated carbocycles. The van der Waals surface area contributed by atoms with E-state index in [9.17, 15) is 4.79 Å². The van der Waals surface area contributed by atoms with Gasteiger partial charge in [-0.15, -0.1) is 0 Å². The zero-order chi connectivity index (χ0) is 27.8. The van der Waals surface area contributed by atoms with Gasteiger partial charge in [0.25, 0.3) is 0 Å². The summed E-state index contributed by atoms with van der Waals surface area (Å²) in [5.41, 5.74) is 8.69. The minimum Gasteiger partial charge on any atom is -0.486 e. The van der Waals surface area contributed by atoms with Crippen LogP contribution in [0.25, 0.3) is 5.69 Å². The Balaban J connectivity index is 1.47. The molecule has 1 aromatic heterocycles. The van der Waals surface area contributed by atoms with Crippen molar-refractivity contribution >= 4 is 35.0 Å². The summed E-state index contributed by atoms with van der Waals surface area (Å²) in [5, 5.41) is 6.98. The number of rotatable bonds is 12. The van der Waals surface area contributed by atoms with Gasteiger partial charge in [-0.2, -0.15) is 14.8 Å². The summed E-state index contributed by atoms with van der Waals surface area (Å²) in [6.45, 7) is 9.70. The molecule has 0 aliphatic carbocycles. The van der Waals surface area contributed by atoms with Gasteiger partial charge in [0.05, 0.1) is 18.5 Å². The van der Waals surface area contributed by atoms with Gasteiger partial charge in [0.15, 0.2) is 0 Å². The molecule has 1 aliphatic rings. The number of piperazine rings is 1. The van der Waals surface area contributed by atoms with Crippen molar-refractivity contribution in [3.8, 4) is 11.4 Å². The van der Waals surface area contributed by atoms with E-state index in [1.165, 1.54) is 16.7 Å². The number of nitrogen functional groups attached to an aromatic ring is 1. The molecule has 1 aliphatic heterocycles. The van der Waals surface area contributed by atoms with Crippen LogP contribution in [0.2, 0.25) is 5.02 Å². The lowest BCUT2D eigenvalue weighted by Gasteiger charge is -2.35. The third kappa shape index (κ3) is 8.14. The number of benzene rings is 2. The van der Waals surface area contributed by atoms with E-state index in [-0.39, 0.29) is 11.0 Å². The highest BCUT2D eigenvalue weighted by Crippen LogP contribution is 2.30. The lowest BCUT2D eigenvalue weighted by atomic mass is 9.88. The van der Waals surface area contributed by atoms with Crippen LogP contribution in [0.4, 0.5) is 11.4 Å². The molecule has 0 unspecified atom stereocenters.